The van der Waals surface area contributed by atoms with Gasteiger partial charge in [0.2, 0.25) is 0 Å². The second-order valence-electron chi connectivity index (χ2n) is 5.33. The highest BCUT2D eigenvalue weighted by atomic mass is 15.2. The highest BCUT2D eigenvalue weighted by molar-refractivity contribution is 5.01. The molecule has 1 rings (SSSR count). The van der Waals surface area contributed by atoms with Crippen LogP contribution in [0.2, 0.25) is 0 Å². The van der Waals surface area contributed by atoms with Crippen molar-refractivity contribution in [3.8, 4) is 0 Å². The summed E-state index contributed by atoms with van der Waals surface area (Å²) in [5.74, 6) is 0. The zero-order chi connectivity index (χ0) is 13.4. The van der Waals surface area contributed by atoms with Crippen molar-refractivity contribution in [1.29, 1.82) is 0 Å². The Hall–Kier alpha value is -0.830. The van der Waals surface area contributed by atoms with Crippen LogP contribution in [-0.4, -0.2) is 22.9 Å². The average molecular weight is 251 g/mol. The molecule has 0 aliphatic rings. The normalized spacial score (nSPS) is 12.0. The summed E-state index contributed by atoms with van der Waals surface area (Å²) < 4.78 is 2.00. The van der Waals surface area contributed by atoms with Gasteiger partial charge in [-0.05, 0) is 50.1 Å². The quantitative estimate of drug-likeness (QED) is 0.683. The van der Waals surface area contributed by atoms with Gasteiger partial charge in [-0.3, -0.25) is 4.68 Å². The van der Waals surface area contributed by atoms with Crippen LogP contribution in [0, 0.1) is 5.41 Å². The van der Waals surface area contributed by atoms with Gasteiger partial charge in [0.05, 0.1) is 0 Å². The van der Waals surface area contributed by atoms with Gasteiger partial charge in [0.25, 0.3) is 0 Å². The van der Waals surface area contributed by atoms with E-state index in [0.717, 1.165) is 19.5 Å². The molecule has 0 aromatic carbocycles. The Morgan fingerprint density at radius 2 is 2.00 bits per heavy atom. The topological polar surface area (TPSA) is 29.9 Å². The fraction of sp³-hybridized carbons (Fsp3) is 0.800. The van der Waals surface area contributed by atoms with Gasteiger partial charge in [-0.2, -0.15) is 5.10 Å². The van der Waals surface area contributed by atoms with Crippen molar-refractivity contribution >= 4 is 0 Å². The van der Waals surface area contributed by atoms with E-state index in [1.54, 1.807) is 0 Å². The van der Waals surface area contributed by atoms with E-state index < -0.39 is 0 Å². The SMILES string of the molecule is CCCNCC(CC)(CC)CCc1ccnn1C. The van der Waals surface area contributed by atoms with Crippen LogP contribution in [0.1, 0.15) is 52.1 Å². The van der Waals surface area contributed by atoms with Crippen molar-refractivity contribution in [2.24, 2.45) is 12.5 Å². The highest BCUT2D eigenvalue weighted by Gasteiger charge is 2.25. The van der Waals surface area contributed by atoms with Gasteiger partial charge in [0.15, 0.2) is 0 Å². The van der Waals surface area contributed by atoms with E-state index in [9.17, 15) is 0 Å². The maximum Gasteiger partial charge on any atom is 0.0492 e. The molecule has 104 valence electrons. The van der Waals surface area contributed by atoms with E-state index >= 15 is 0 Å². The maximum atomic E-state index is 4.25. The van der Waals surface area contributed by atoms with E-state index in [1.165, 1.54) is 31.4 Å². The minimum atomic E-state index is 0.444. The molecule has 0 aliphatic carbocycles. The molecule has 18 heavy (non-hydrogen) atoms. The molecule has 0 atom stereocenters. The maximum absolute atomic E-state index is 4.25. The monoisotopic (exact) mass is 251 g/mol. The molecule has 1 aromatic heterocycles. The van der Waals surface area contributed by atoms with Crippen molar-refractivity contribution in [2.75, 3.05) is 13.1 Å². The molecular formula is C15H29N3. The van der Waals surface area contributed by atoms with Crippen molar-refractivity contribution < 1.29 is 0 Å². The number of aromatic nitrogens is 2. The largest absolute Gasteiger partial charge is 0.316 e. The zero-order valence-corrected chi connectivity index (χ0v) is 12.5. The first-order valence-corrected chi connectivity index (χ1v) is 7.35. The van der Waals surface area contributed by atoms with E-state index in [1.807, 2.05) is 17.9 Å². The zero-order valence-electron chi connectivity index (χ0n) is 12.5. The average Bonchev–Trinajstić information content (AvgIpc) is 2.80. The Labute approximate surface area is 112 Å². The summed E-state index contributed by atoms with van der Waals surface area (Å²) in [5.41, 5.74) is 1.79. The molecule has 0 amide bonds. The standard InChI is InChI=1S/C15H29N3/c1-5-11-16-13-15(6-2,7-3)10-8-14-9-12-17-18(14)4/h9,12,16H,5-8,10-11,13H2,1-4H3. The van der Waals surface area contributed by atoms with E-state index in [-0.39, 0.29) is 0 Å². The Morgan fingerprint density at radius 1 is 1.28 bits per heavy atom. The molecular weight excluding hydrogens is 222 g/mol. The van der Waals surface area contributed by atoms with Crippen LogP contribution in [0.3, 0.4) is 0 Å². The molecule has 1 aromatic rings. The smallest absolute Gasteiger partial charge is 0.0492 e. The minimum Gasteiger partial charge on any atom is -0.316 e. The summed E-state index contributed by atoms with van der Waals surface area (Å²) in [5, 5.41) is 7.85. The summed E-state index contributed by atoms with van der Waals surface area (Å²) in [7, 11) is 2.03. The molecule has 3 heteroatoms. The van der Waals surface area contributed by atoms with Gasteiger partial charge in [0.1, 0.15) is 0 Å². The lowest BCUT2D eigenvalue weighted by Crippen LogP contribution is -2.34. The van der Waals surface area contributed by atoms with E-state index in [0.29, 0.717) is 5.41 Å². The van der Waals surface area contributed by atoms with Crippen LogP contribution < -0.4 is 5.32 Å². The third kappa shape index (κ3) is 4.13. The Bertz CT molecular complexity index is 326. The summed E-state index contributed by atoms with van der Waals surface area (Å²) in [4.78, 5) is 0. The third-order valence-corrected chi connectivity index (χ3v) is 4.26. The lowest BCUT2D eigenvalue weighted by atomic mass is 9.77. The first-order valence-electron chi connectivity index (χ1n) is 7.35. The minimum absolute atomic E-state index is 0.444. The number of hydrogen-bond donors (Lipinski definition) is 1. The van der Waals surface area contributed by atoms with Gasteiger partial charge >= 0.3 is 0 Å². The van der Waals surface area contributed by atoms with Gasteiger partial charge in [-0.1, -0.05) is 20.8 Å². The van der Waals surface area contributed by atoms with Gasteiger partial charge < -0.3 is 5.32 Å². The van der Waals surface area contributed by atoms with Crippen molar-refractivity contribution in [2.45, 2.75) is 52.9 Å². The molecule has 0 unspecified atom stereocenters. The highest BCUT2D eigenvalue weighted by Crippen LogP contribution is 2.31. The van der Waals surface area contributed by atoms with Gasteiger partial charge in [0, 0.05) is 25.5 Å². The van der Waals surface area contributed by atoms with Gasteiger partial charge in [-0.15, -0.1) is 0 Å². The number of rotatable bonds is 9. The predicted octanol–water partition coefficient (Wildman–Crippen LogP) is 3.16. The summed E-state index contributed by atoms with van der Waals surface area (Å²) in [6.45, 7) is 9.14. The molecule has 0 aliphatic heterocycles. The first-order chi connectivity index (χ1) is 8.67. The fourth-order valence-electron chi connectivity index (χ4n) is 2.51. The lowest BCUT2D eigenvalue weighted by Gasteiger charge is -2.32. The molecule has 0 spiro atoms. The number of aryl methyl sites for hydroxylation is 2. The lowest BCUT2D eigenvalue weighted by molar-refractivity contribution is 0.227. The van der Waals surface area contributed by atoms with Crippen molar-refractivity contribution in [3.63, 3.8) is 0 Å². The molecule has 0 fully saturated rings. The van der Waals surface area contributed by atoms with Crippen LogP contribution in [0.4, 0.5) is 0 Å². The molecule has 1 heterocycles. The van der Waals surface area contributed by atoms with Gasteiger partial charge in [-0.25, -0.2) is 0 Å². The second kappa shape index (κ2) is 7.57. The van der Waals surface area contributed by atoms with E-state index in [4.69, 9.17) is 0 Å². The first kappa shape index (κ1) is 15.2. The van der Waals surface area contributed by atoms with Crippen LogP contribution in [-0.2, 0) is 13.5 Å². The van der Waals surface area contributed by atoms with Crippen LogP contribution in [0.25, 0.3) is 0 Å². The summed E-state index contributed by atoms with van der Waals surface area (Å²) in [6.07, 6.45) is 7.98. The molecule has 1 N–H and O–H groups in total. The Balaban J connectivity index is 2.53. The van der Waals surface area contributed by atoms with Crippen LogP contribution in [0.5, 0.6) is 0 Å². The molecule has 0 bridgehead atoms. The van der Waals surface area contributed by atoms with Crippen LogP contribution in [0.15, 0.2) is 12.3 Å². The fourth-order valence-corrected chi connectivity index (χ4v) is 2.51. The molecule has 0 saturated carbocycles. The molecule has 0 saturated heterocycles. The molecule has 3 nitrogen and oxygen atoms in total. The van der Waals surface area contributed by atoms with Crippen molar-refractivity contribution in [3.05, 3.63) is 18.0 Å². The predicted molar refractivity (Wildman–Crippen MR) is 77.7 cm³/mol. The van der Waals surface area contributed by atoms with Crippen LogP contribution >= 0.6 is 0 Å². The van der Waals surface area contributed by atoms with Crippen molar-refractivity contribution in [1.82, 2.24) is 15.1 Å². The summed E-state index contributed by atoms with van der Waals surface area (Å²) >= 11 is 0. The number of hydrogen-bond acceptors (Lipinski definition) is 2. The third-order valence-electron chi connectivity index (χ3n) is 4.26. The Kier molecular flexibility index (Phi) is 6.41. The number of nitrogens with zero attached hydrogens (tertiary/aromatic N) is 2. The van der Waals surface area contributed by atoms with E-state index in [2.05, 4.69) is 37.3 Å². The summed E-state index contributed by atoms with van der Waals surface area (Å²) in [6, 6.07) is 2.13. The second-order valence-corrected chi connectivity index (χ2v) is 5.33. The number of nitrogens with one attached hydrogen (secondary N) is 1. The Morgan fingerprint density at radius 3 is 2.50 bits per heavy atom. The molecule has 0 radical (unpaired) electrons.